The van der Waals surface area contributed by atoms with Gasteiger partial charge in [-0.3, -0.25) is 4.79 Å². The van der Waals surface area contributed by atoms with Crippen molar-refractivity contribution in [1.29, 1.82) is 0 Å². The molecule has 0 spiro atoms. The Morgan fingerprint density at radius 1 is 1.32 bits per heavy atom. The highest BCUT2D eigenvalue weighted by Crippen LogP contribution is 2.34. The molecule has 1 aliphatic heterocycles. The van der Waals surface area contributed by atoms with Crippen LogP contribution in [0.2, 0.25) is 0 Å². The van der Waals surface area contributed by atoms with Crippen LogP contribution in [0.1, 0.15) is 35.2 Å². The Hall–Kier alpha value is -1.56. The van der Waals surface area contributed by atoms with E-state index in [0.29, 0.717) is 24.5 Å². The molecule has 1 aliphatic carbocycles. The molecule has 1 aromatic carbocycles. The van der Waals surface area contributed by atoms with Gasteiger partial charge < -0.3 is 10.6 Å². The van der Waals surface area contributed by atoms with Crippen molar-refractivity contribution >= 4 is 5.91 Å². The minimum absolute atomic E-state index is 0.109. The number of hydrogen-bond acceptors (Lipinski definition) is 2. The highest BCUT2D eigenvalue weighted by Gasteiger charge is 2.38. The molecule has 0 unspecified atom stereocenters. The second-order valence-corrected chi connectivity index (χ2v) is 6.25. The summed E-state index contributed by atoms with van der Waals surface area (Å²) in [5.41, 5.74) is 0.392. The van der Waals surface area contributed by atoms with Crippen LogP contribution < -0.4 is 10.6 Å². The van der Waals surface area contributed by atoms with E-state index in [9.17, 15) is 18.0 Å². The predicted molar refractivity (Wildman–Crippen MR) is 76.6 cm³/mol. The lowest BCUT2D eigenvalue weighted by molar-refractivity contribution is -0.127. The Balaban J connectivity index is 1.57. The summed E-state index contributed by atoms with van der Waals surface area (Å²) < 4.78 is 37.2. The first-order valence-corrected chi connectivity index (χ1v) is 7.61. The minimum Gasteiger partial charge on any atom is -0.350 e. The second kappa shape index (κ2) is 5.91. The van der Waals surface area contributed by atoms with Crippen LogP contribution in [0.5, 0.6) is 0 Å². The van der Waals surface area contributed by atoms with Crippen LogP contribution in [0, 0.1) is 5.92 Å². The fourth-order valence-electron chi connectivity index (χ4n) is 3.56. The molecule has 22 heavy (non-hydrogen) atoms. The maximum atomic E-state index is 12.4. The summed E-state index contributed by atoms with van der Waals surface area (Å²) in [6.07, 6.45) is -1.71. The Bertz CT molecular complexity index is 559. The molecular formula is C16H19F3N2O. The Morgan fingerprint density at radius 2 is 2.14 bits per heavy atom. The molecule has 2 N–H and O–H groups in total. The van der Waals surface area contributed by atoms with Gasteiger partial charge in [0.1, 0.15) is 0 Å². The Kier molecular flexibility index (Phi) is 4.12. The summed E-state index contributed by atoms with van der Waals surface area (Å²) in [6, 6.07) is 6.61. The molecule has 2 fully saturated rings. The zero-order valence-electron chi connectivity index (χ0n) is 12.1. The van der Waals surface area contributed by atoms with Gasteiger partial charge in [0.25, 0.3) is 5.91 Å². The van der Waals surface area contributed by atoms with E-state index in [4.69, 9.17) is 0 Å². The quantitative estimate of drug-likeness (QED) is 0.897. The molecule has 2 aliphatic rings. The third kappa shape index (κ3) is 3.61. The van der Waals surface area contributed by atoms with E-state index in [-0.39, 0.29) is 17.0 Å². The standard InChI is InChI=1S/C16H19F3N2O/c17-16(18,19)8-10-2-1-3-12(6-10)15(22)20-9-14-11-4-5-13(7-11)21-14/h1-3,6,11,13-14,21H,4-5,7-9H2,(H,20,22)/t11-,13+,14+/m0/s1. The number of rotatable bonds is 4. The van der Waals surface area contributed by atoms with Gasteiger partial charge in [-0.15, -0.1) is 0 Å². The average Bonchev–Trinajstić information content (AvgIpc) is 3.05. The predicted octanol–water partition coefficient (Wildman–Crippen LogP) is 2.66. The number of fused-ring (bicyclic) bond motifs is 2. The van der Waals surface area contributed by atoms with Crippen molar-refractivity contribution in [3.63, 3.8) is 0 Å². The van der Waals surface area contributed by atoms with Crippen molar-refractivity contribution in [2.24, 2.45) is 5.92 Å². The summed E-state index contributed by atoms with van der Waals surface area (Å²) in [5, 5.41) is 6.31. The molecule has 120 valence electrons. The summed E-state index contributed by atoms with van der Waals surface area (Å²) in [5.74, 6) is 0.301. The maximum absolute atomic E-state index is 12.4. The molecule has 1 amide bonds. The topological polar surface area (TPSA) is 41.1 Å². The van der Waals surface area contributed by atoms with E-state index in [2.05, 4.69) is 10.6 Å². The van der Waals surface area contributed by atoms with Crippen molar-refractivity contribution in [3.05, 3.63) is 35.4 Å². The lowest BCUT2D eigenvalue weighted by Crippen LogP contribution is -2.44. The van der Waals surface area contributed by atoms with Crippen LogP contribution in [0.4, 0.5) is 13.2 Å². The number of halogens is 3. The van der Waals surface area contributed by atoms with Gasteiger partial charge in [-0.25, -0.2) is 0 Å². The molecule has 1 saturated heterocycles. The lowest BCUT2D eigenvalue weighted by Gasteiger charge is -2.23. The zero-order valence-corrected chi connectivity index (χ0v) is 12.1. The molecule has 0 aromatic heterocycles. The number of alkyl halides is 3. The summed E-state index contributed by atoms with van der Waals surface area (Å²) >= 11 is 0. The van der Waals surface area contributed by atoms with Crippen molar-refractivity contribution < 1.29 is 18.0 Å². The van der Waals surface area contributed by atoms with Gasteiger partial charge in [-0.05, 0) is 42.9 Å². The second-order valence-electron chi connectivity index (χ2n) is 6.25. The number of amides is 1. The number of benzene rings is 1. The number of hydrogen-bond donors (Lipinski definition) is 2. The fraction of sp³-hybridized carbons (Fsp3) is 0.562. The van der Waals surface area contributed by atoms with Crippen molar-refractivity contribution in [2.45, 2.75) is 43.9 Å². The van der Waals surface area contributed by atoms with E-state index >= 15 is 0 Å². The number of carbonyl (C=O) groups is 1. The SMILES string of the molecule is O=C(NC[C@H]1N[C@@H]2CC[C@H]1C2)c1cccc(CC(F)(F)F)c1. The average molecular weight is 312 g/mol. The van der Waals surface area contributed by atoms with Gasteiger partial charge >= 0.3 is 6.18 Å². The van der Waals surface area contributed by atoms with Gasteiger partial charge in [0.2, 0.25) is 0 Å². The number of nitrogens with one attached hydrogen (secondary N) is 2. The van der Waals surface area contributed by atoms with Crippen LogP contribution >= 0.6 is 0 Å². The summed E-state index contributed by atoms with van der Waals surface area (Å²) in [7, 11) is 0. The fourth-order valence-corrected chi connectivity index (χ4v) is 3.56. The lowest BCUT2D eigenvalue weighted by atomic mass is 10.00. The molecular weight excluding hydrogens is 293 g/mol. The highest BCUT2D eigenvalue weighted by molar-refractivity contribution is 5.94. The van der Waals surface area contributed by atoms with E-state index in [1.54, 1.807) is 6.07 Å². The minimum atomic E-state index is -4.26. The Labute approximate surface area is 127 Å². The number of carbonyl (C=O) groups excluding carboxylic acids is 1. The monoisotopic (exact) mass is 312 g/mol. The molecule has 0 radical (unpaired) electrons. The molecule has 1 aromatic rings. The van der Waals surface area contributed by atoms with Gasteiger partial charge in [0.15, 0.2) is 0 Å². The smallest absolute Gasteiger partial charge is 0.350 e. The molecule has 1 saturated carbocycles. The van der Waals surface area contributed by atoms with Crippen LogP contribution in [0.3, 0.4) is 0 Å². The van der Waals surface area contributed by atoms with E-state index in [1.807, 2.05) is 0 Å². The third-order valence-corrected chi connectivity index (χ3v) is 4.57. The van der Waals surface area contributed by atoms with Gasteiger partial charge in [-0.2, -0.15) is 13.2 Å². The van der Waals surface area contributed by atoms with Crippen molar-refractivity contribution in [2.75, 3.05) is 6.54 Å². The van der Waals surface area contributed by atoms with Crippen LogP contribution in [-0.2, 0) is 6.42 Å². The largest absolute Gasteiger partial charge is 0.393 e. The van der Waals surface area contributed by atoms with Gasteiger partial charge in [-0.1, -0.05) is 12.1 Å². The first-order chi connectivity index (χ1) is 10.4. The molecule has 3 nitrogen and oxygen atoms in total. The van der Waals surface area contributed by atoms with Gasteiger partial charge in [0, 0.05) is 24.2 Å². The van der Waals surface area contributed by atoms with E-state index in [0.717, 1.165) is 0 Å². The van der Waals surface area contributed by atoms with Crippen LogP contribution in [0.25, 0.3) is 0 Å². The molecule has 3 rings (SSSR count). The third-order valence-electron chi connectivity index (χ3n) is 4.57. The van der Waals surface area contributed by atoms with Crippen molar-refractivity contribution in [1.82, 2.24) is 10.6 Å². The van der Waals surface area contributed by atoms with E-state index in [1.165, 1.54) is 37.5 Å². The zero-order chi connectivity index (χ0) is 15.7. The number of piperidine rings is 1. The normalized spacial score (nSPS) is 27.1. The van der Waals surface area contributed by atoms with Crippen LogP contribution in [-0.4, -0.2) is 30.7 Å². The van der Waals surface area contributed by atoms with E-state index < -0.39 is 12.6 Å². The molecule has 6 heteroatoms. The molecule has 2 bridgehead atoms. The molecule has 3 atom stereocenters. The first kappa shape index (κ1) is 15.3. The first-order valence-electron chi connectivity index (χ1n) is 7.61. The maximum Gasteiger partial charge on any atom is 0.393 e. The molecule has 1 heterocycles. The Morgan fingerprint density at radius 3 is 2.77 bits per heavy atom. The summed E-state index contributed by atoms with van der Waals surface area (Å²) in [6.45, 7) is 0.531. The van der Waals surface area contributed by atoms with Crippen molar-refractivity contribution in [3.8, 4) is 0 Å². The highest BCUT2D eigenvalue weighted by atomic mass is 19.4. The summed E-state index contributed by atoms with van der Waals surface area (Å²) in [4.78, 5) is 12.1. The van der Waals surface area contributed by atoms with Gasteiger partial charge in [0.05, 0.1) is 6.42 Å². The van der Waals surface area contributed by atoms with Crippen LogP contribution in [0.15, 0.2) is 24.3 Å².